The van der Waals surface area contributed by atoms with E-state index in [9.17, 15) is 8.60 Å². The third-order valence-electron chi connectivity index (χ3n) is 3.64. The highest BCUT2D eigenvalue weighted by atomic mass is 32.2. The molecule has 2 rings (SSSR count). The minimum atomic E-state index is -1.46. The van der Waals surface area contributed by atoms with E-state index < -0.39 is 17.3 Å². The van der Waals surface area contributed by atoms with Crippen molar-refractivity contribution in [3.05, 3.63) is 65.5 Å². The van der Waals surface area contributed by atoms with Crippen LogP contribution in [0.15, 0.2) is 53.4 Å². The minimum absolute atomic E-state index is 0.191. The monoisotopic (exact) mass is 351 g/mol. The van der Waals surface area contributed by atoms with E-state index in [4.69, 9.17) is 9.47 Å². The summed E-state index contributed by atoms with van der Waals surface area (Å²) in [6.07, 6.45) is -0.550. The van der Waals surface area contributed by atoms with Crippen LogP contribution in [0.2, 0.25) is 0 Å². The SMILES string of the molecule is COC(CN(Cc1ccccc1F)S(=O)c1ccc(C)cc1)OC. The van der Waals surface area contributed by atoms with Crippen LogP contribution in [-0.4, -0.2) is 35.6 Å². The van der Waals surface area contributed by atoms with E-state index in [0.29, 0.717) is 10.5 Å². The summed E-state index contributed by atoms with van der Waals surface area (Å²) in [5, 5.41) is 0. The highest BCUT2D eigenvalue weighted by molar-refractivity contribution is 7.82. The van der Waals surface area contributed by atoms with E-state index in [1.807, 2.05) is 31.2 Å². The lowest BCUT2D eigenvalue weighted by atomic mass is 10.2. The lowest BCUT2D eigenvalue weighted by Gasteiger charge is -2.25. The summed E-state index contributed by atoms with van der Waals surface area (Å²) < 4.78 is 39.0. The Hall–Kier alpha value is -1.60. The van der Waals surface area contributed by atoms with Crippen molar-refractivity contribution in [2.45, 2.75) is 24.7 Å². The van der Waals surface area contributed by atoms with Crippen molar-refractivity contribution in [1.29, 1.82) is 0 Å². The number of halogens is 1. The molecule has 0 aliphatic rings. The Bertz CT molecular complexity index is 674. The minimum Gasteiger partial charge on any atom is -0.355 e. The van der Waals surface area contributed by atoms with Gasteiger partial charge in [-0.25, -0.2) is 12.9 Å². The van der Waals surface area contributed by atoms with Gasteiger partial charge >= 0.3 is 0 Å². The largest absolute Gasteiger partial charge is 0.355 e. The molecule has 0 N–H and O–H groups in total. The number of hydrogen-bond acceptors (Lipinski definition) is 3. The summed E-state index contributed by atoms with van der Waals surface area (Å²) in [5.41, 5.74) is 1.56. The zero-order valence-corrected chi connectivity index (χ0v) is 14.9. The van der Waals surface area contributed by atoms with Gasteiger partial charge in [-0.15, -0.1) is 0 Å². The Balaban J connectivity index is 2.26. The highest BCUT2D eigenvalue weighted by Crippen LogP contribution is 2.18. The molecule has 24 heavy (non-hydrogen) atoms. The summed E-state index contributed by atoms with van der Waals surface area (Å²) in [4.78, 5) is 0.655. The van der Waals surface area contributed by atoms with Crippen LogP contribution in [-0.2, 0) is 27.0 Å². The maximum absolute atomic E-state index is 14.0. The van der Waals surface area contributed by atoms with Gasteiger partial charge in [-0.1, -0.05) is 35.9 Å². The predicted molar refractivity (Wildman–Crippen MR) is 92.2 cm³/mol. The normalized spacial score (nSPS) is 12.8. The molecular formula is C18H22FNO3S. The molecule has 0 saturated heterocycles. The van der Waals surface area contributed by atoms with Crippen LogP contribution in [0.5, 0.6) is 0 Å². The summed E-state index contributed by atoms with van der Waals surface area (Å²) >= 11 is 0. The first-order chi connectivity index (χ1) is 11.5. The number of benzene rings is 2. The molecule has 4 nitrogen and oxygen atoms in total. The average molecular weight is 351 g/mol. The fourth-order valence-electron chi connectivity index (χ4n) is 2.22. The summed E-state index contributed by atoms with van der Waals surface area (Å²) in [5.74, 6) is -0.324. The molecule has 2 aromatic carbocycles. The molecule has 0 aliphatic heterocycles. The van der Waals surface area contributed by atoms with Crippen molar-refractivity contribution in [2.75, 3.05) is 20.8 Å². The quantitative estimate of drug-likeness (QED) is 0.685. The lowest BCUT2D eigenvalue weighted by molar-refractivity contribution is -0.108. The predicted octanol–water partition coefficient (Wildman–Crippen LogP) is 3.28. The molecule has 130 valence electrons. The Morgan fingerprint density at radius 1 is 1.08 bits per heavy atom. The average Bonchev–Trinajstić information content (AvgIpc) is 2.60. The topological polar surface area (TPSA) is 38.8 Å². The van der Waals surface area contributed by atoms with Gasteiger partial charge in [-0.2, -0.15) is 0 Å². The molecular weight excluding hydrogens is 329 g/mol. The van der Waals surface area contributed by atoms with E-state index in [1.165, 1.54) is 20.3 Å². The van der Waals surface area contributed by atoms with Gasteiger partial charge in [0.05, 0.1) is 11.4 Å². The van der Waals surface area contributed by atoms with E-state index >= 15 is 0 Å². The van der Waals surface area contributed by atoms with Crippen molar-refractivity contribution in [2.24, 2.45) is 0 Å². The maximum atomic E-state index is 14.0. The number of hydrogen-bond donors (Lipinski definition) is 0. The molecule has 0 bridgehead atoms. The molecule has 0 amide bonds. The summed E-state index contributed by atoms with van der Waals surface area (Å²) in [6.45, 7) is 2.41. The number of aryl methyl sites for hydroxylation is 1. The van der Waals surface area contributed by atoms with Gasteiger partial charge < -0.3 is 9.47 Å². The van der Waals surface area contributed by atoms with E-state index in [1.54, 1.807) is 22.5 Å². The number of ether oxygens (including phenoxy) is 2. The first kappa shape index (κ1) is 18.7. The van der Waals surface area contributed by atoms with Crippen LogP contribution in [0.1, 0.15) is 11.1 Å². The second-order valence-corrected chi connectivity index (χ2v) is 6.86. The highest BCUT2D eigenvalue weighted by Gasteiger charge is 2.21. The number of nitrogens with zero attached hydrogens (tertiary/aromatic N) is 1. The van der Waals surface area contributed by atoms with E-state index in [-0.39, 0.29) is 18.9 Å². The fourth-order valence-corrected chi connectivity index (χ4v) is 3.40. The van der Waals surface area contributed by atoms with Gasteiger partial charge in [-0.3, -0.25) is 0 Å². The van der Waals surface area contributed by atoms with Crippen molar-refractivity contribution in [3.8, 4) is 0 Å². The Morgan fingerprint density at radius 2 is 1.71 bits per heavy atom. The molecule has 0 saturated carbocycles. The summed E-state index contributed by atoms with van der Waals surface area (Å²) in [6, 6.07) is 13.9. The van der Waals surface area contributed by atoms with Crippen molar-refractivity contribution in [3.63, 3.8) is 0 Å². The van der Waals surface area contributed by atoms with Crippen LogP contribution in [0.4, 0.5) is 4.39 Å². The van der Waals surface area contributed by atoms with Crippen molar-refractivity contribution in [1.82, 2.24) is 4.31 Å². The lowest BCUT2D eigenvalue weighted by Crippen LogP contribution is -2.35. The molecule has 6 heteroatoms. The van der Waals surface area contributed by atoms with Gasteiger partial charge in [0.1, 0.15) is 16.8 Å². The van der Waals surface area contributed by atoms with E-state index in [0.717, 1.165) is 5.56 Å². The Kier molecular flexibility index (Phi) is 7.05. The Morgan fingerprint density at radius 3 is 2.29 bits per heavy atom. The van der Waals surface area contributed by atoms with Gasteiger partial charge in [0.2, 0.25) is 0 Å². The van der Waals surface area contributed by atoms with E-state index in [2.05, 4.69) is 0 Å². The number of rotatable bonds is 8. The molecule has 0 spiro atoms. The molecule has 0 heterocycles. The fraction of sp³-hybridized carbons (Fsp3) is 0.333. The van der Waals surface area contributed by atoms with Crippen LogP contribution < -0.4 is 0 Å². The smallest absolute Gasteiger partial charge is 0.170 e. The summed E-state index contributed by atoms with van der Waals surface area (Å²) in [7, 11) is 1.58. The van der Waals surface area contributed by atoms with Gasteiger partial charge in [0.15, 0.2) is 6.29 Å². The van der Waals surface area contributed by atoms with Crippen molar-refractivity contribution >= 4 is 11.0 Å². The van der Waals surface area contributed by atoms with Crippen LogP contribution >= 0.6 is 0 Å². The van der Waals surface area contributed by atoms with Crippen molar-refractivity contribution < 1.29 is 18.1 Å². The molecule has 1 atom stereocenters. The third-order valence-corrected chi connectivity index (χ3v) is 5.06. The van der Waals surface area contributed by atoms with Gasteiger partial charge in [-0.05, 0) is 25.1 Å². The van der Waals surface area contributed by atoms with Crippen LogP contribution in [0.3, 0.4) is 0 Å². The first-order valence-corrected chi connectivity index (χ1v) is 8.68. The van der Waals surface area contributed by atoms with Gasteiger partial charge in [0, 0.05) is 26.3 Å². The molecule has 0 aliphatic carbocycles. The van der Waals surface area contributed by atoms with Crippen LogP contribution in [0, 0.1) is 12.7 Å². The molecule has 2 aromatic rings. The standard InChI is InChI=1S/C18H22FNO3S/c1-14-8-10-16(11-9-14)24(21)20(13-18(22-2)23-3)12-15-6-4-5-7-17(15)19/h4-11,18H,12-13H2,1-3H3. The first-order valence-electron chi connectivity index (χ1n) is 7.57. The molecule has 0 fully saturated rings. The second-order valence-electron chi connectivity index (χ2n) is 5.38. The molecule has 0 radical (unpaired) electrons. The number of methoxy groups -OCH3 is 2. The zero-order valence-electron chi connectivity index (χ0n) is 14.1. The zero-order chi connectivity index (χ0) is 17.5. The molecule has 1 unspecified atom stereocenters. The molecule has 0 aromatic heterocycles. The van der Waals surface area contributed by atoms with Gasteiger partial charge in [0.25, 0.3) is 0 Å². The Labute approximate surface area is 144 Å². The third kappa shape index (κ3) is 4.95. The maximum Gasteiger partial charge on any atom is 0.170 e. The second kappa shape index (κ2) is 9.03. The van der Waals surface area contributed by atoms with Crippen LogP contribution in [0.25, 0.3) is 0 Å².